The zero-order chi connectivity index (χ0) is 15.2. The molecule has 1 fully saturated rings. The van der Waals surface area contributed by atoms with Crippen molar-refractivity contribution in [1.82, 2.24) is 5.32 Å². The third kappa shape index (κ3) is 4.89. The molecule has 1 aromatic rings. The predicted molar refractivity (Wildman–Crippen MR) is 94.9 cm³/mol. The molecule has 2 rings (SSSR count). The first-order valence-corrected chi connectivity index (χ1v) is 7.90. The quantitative estimate of drug-likeness (QED) is 0.875. The van der Waals surface area contributed by atoms with Crippen LogP contribution in [-0.4, -0.2) is 32.6 Å². The maximum Gasteiger partial charge on any atom is 0.251 e. The molecule has 3 N–H and O–H groups in total. The number of carbonyl (C=O) groups excluding carboxylic acids is 1. The molecule has 0 heterocycles. The molecule has 0 aromatic heterocycles. The topological polar surface area (TPSA) is 58.4 Å². The average Bonchev–Trinajstić information content (AvgIpc) is 2.53. The lowest BCUT2D eigenvalue weighted by Crippen LogP contribution is -2.45. The van der Waals surface area contributed by atoms with Crippen LogP contribution < -0.4 is 16.0 Å². The minimum Gasteiger partial charge on any atom is -0.378 e. The van der Waals surface area contributed by atoms with Gasteiger partial charge in [-0.15, -0.1) is 12.4 Å². The number of benzene rings is 1. The van der Waals surface area contributed by atoms with Crippen molar-refractivity contribution >= 4 is 24.0 Å². The molecule has 1 aliphatic carbocycles. The summed E-state index contributed by atoms with van der Waals surface area (Å²) in [5.41, 5.74) is 7.62. The molecule has 1 saturated carbocycles. The summed E-state index contributed by atoms with van der Waals surface area (Å²) in [6, 6.07) is 7.79. The Morgan fingerprint density at radius 1 is 1.32 bits per heavy atom. The number of anilines is 1. The van der Waals surface area contributed by atoms with Crippen molar-refractivity contribution in [2.75, 3.05) is 25.5 Å². The Kier molecular flexibility index (Phi) is 7.69. The lowest BCUT2D eigenvalue weighted by atomic mass is 9.84. The average molecular weight is 326 g/mol. The van der Waals surface area contributed by atoms with Crippen molar-refractivity contribution < 1.29 is 4.79 Å². The molecule has 124 valence electrons. The lowest BCUT2D eigenvalue weighted by molar-refractivity contribution is 0.0915. The molecule has 1 unspecified atom stereocenters. The number of rotatable bonds is 5. The van der Waals surface area contributed by atoms with E-state index in [0.29, 0.717) is 18.0 Å². The smallest absolute Gasteiger partial charge is 0.251 e. The maximum absolute atomic E-state index is 12.4. The van der Waals surface area contributed by atoms with Crippen molar-refractivity contribution in [2.45, 2.75) is 38.1 Å². The van der Waals surface area contributed by atoms with Gasteiger partial charge in [-0.05, 0) is 37.0 Å². The molecule has 0 spiro atoms. The van der Waals surface area contributed by atoms with Gasteiger partial charge in [0.15, 0.2) is 0 Å². The number of nitrogens with zero attached hydrogens (tertiary/aromatic N) is 1. The highest BCUT2D eigenvalue weighted by molar-refractivity contribution is 5.95. The fourth-order valence-electron chi connectivity index (χ4n) is 3.08. The summed E-state index contributed by atoms with van der Waals surface area (Å²) in [6.45, 7) is 0.518. The number of nitrogens with two attached hydrogens (primary N) is 1. The number of nitrogens with one attached hydrogen (secondary N) is 1. The fourth-order valence-corrected chi connectivity index (χ4v) is 3.08. The molecular weight excluding hydrogens is 298 g/mol. The van der Waals surface area contributed by atoms with Gasteiger partial charge in [0.25, 0.3) is 5.91 Å². The number of amides is 1. The predicted octanol–water partition coefficient (Wildman–Crippen LogP) is 2.81. The first-order chi connectivity index (χ1) is 10.1. The van der Waals surface area contributed by atoms with Crippen LogP contribution in [0.3, 0.4) is 0 Å². The standard InChI is InChI=1S/C17H27N3O.ClH/c1-20(2)15-10-6-9-14(11-15)17(21)19-16(12-18)13-7-4-3-5-8-13;/h6,9-11,13,16H,3-5,7-8,12,18H2,1-2H3,(H,19,21);1H. The van der Waals surface area contributed by atoms with E-state index in [0.717, 1.165) is 5.69 Å². The van der Waals surface area contributed by atoms with Gasteiger partial charge in [0.05, 0.1) is 0 Å². The van der Waals surface area contributed by atoms with Gasteiger partial charge in [-0.2, -0.15) is 0 Å². The van der Waals surface area contributed by atoms with Crippen LogP contribution in [0.2, 0.25) is 0 Å². The molecule has 1 atom stereocenters. The molecule has 1 amide bonds. The van der Waals surface area contributed by atoms with Gasteiger partial charge in [0.2, 0.25) is 0 Å². The second kappa shape index (κ2) is 9.01. The molecule has 5 heteroatoms. The largest absolute Gasteiger partial charge is 0.378 e. The monoisotopic (exact) mass is 325 g/mol. The first kappa shape index (κ1) is 18.8. The summed E-state index contributed by atoms with van der Waals surface area (Å²) < 4.78 is 0. The van der Waals surface area contributed by atoms with E-state index in [1.54, 1.807) is 0 Å². The van der Waals surface area contributed by atoms with Crippen LogP contribution in [0.5, 0.6) is 0 Å². The summed E-state index contributed by atoms with van der Waals surface area (Å²) in [7, 11) is 3.95. The number of carbonyl (C=O) groups is 1. The second-order valence-electron chi connectivity index (χ2n) is 6.16. The van der Waals surface area contributed by atoms with E-state index < -0.39 is 0 Å². The van der Waals surface area contributed by atoms with Gasteiger partial charge in [0, 0.05) is 37.9 Å². The Morgan fingerprint density at radius 3 is 2.59 bits per heavy atom. The van der Waals surface area contributed by atoms with Gasteiger partial charge in [-0.1, -0.05) is 25.3 Å². The van der Waals surface area contributed by atoms with Crippen LogP contribution in [0.15, 0.2) is 24.3 Å². The molecule has 0 radical (unpaired) electrons. The Labute approximate surface area is 139 Å². The summed E-state index contributed by atoms with van der Waals surface area (Å²) in [6.07, 6.45) is 6.19. The fraction of sp³-hybridized carbons (Fsp3) is 0.588. The highest BCUT2D eigenvalue weighted by Gasteiger charge is 2.24. The van der Waals surface area contributed by atoms with Crippen LogP contribution in [0.1, 0.15) is 42.5 Å². The van der Waals surface area contributed by atoms with Crippen molar-refractivity contribution in [1.29, 1.82) is 0 Å². The van der Waals surface area contributed by atoms with E-state index in [2.05, 4.69) is 5.32 Å². The molecular formula is C17H28ClN3O. The SMILES string of the molecule is CN(C)c1cccc(C(=O)NC(CN)C2CCCCC2)c1.Cl. The molecule has 22 heavy (non-hydrogen) atoms. The minimum atomic E-state index is -0.0141. The Bertz CT molecular complexity index is 473. The number of hydrogen-bond donors (Lipinski definition) is 2. The van der Waals surface area contributed by atoms with Crippen LogP contribution >= 0.6 is 12.4 Å². The van der Waals surface area contributed by atoms with E-state index in [4.69, 9.17) is 5.73 Å². The van der Waals surface area contributed by atoms with Crippen molar-refractivity contribution in [2.24, 2.45) is 11.7 Å². The molecule has 1 aromatic carbocycles. The number of hydrogen-bond acceptors (Lipinski definition) is 3. The van der Waals surface area contributed by atoms with Gasteiger partial charge < -0.3 is 16.0 Å². The Hall–Kier alpha value is -1.26. The van der Waals surface area contributed by atoms with Crippen molar-refractivity contribution in [3.8, 4) is 0 Å². The van der Waals surface area contributed by atoms with E-state index >= 15 is 0 Å². The number of halogens is 1. The van der Waals surface area contributed by atoms with E-state index in [1.807, 2.05) is 43.3 Å². The Morgan fingerprint density at radius 2 is 2.00 bits per heavy atom. The van der Waals surface area contributed by atoms with E-state index in [-0.39, 0.29) is 24.4 Å². The van der Waals surface area contributed by atoms with E-state index in [1.165, 1.54) is 32.1 Å². The molecule has 0 bridgehead atoms. The van der Waals surface area contributed by atoms with Crippen molar-refractivity contribution in [3.63, 3.8) is 0 Å². The van der Waals surface area contributed by atoms with Crippen LogP contribution in [0.25, 0.3) is 0 Å². The molecule has 1 aliphatic rings. The van der Waals surface area contributed by atoms with Crippen LogP contribution in [0.4, 0.5) is 5.69 Å². The molecule has 0 aliphatic heterocycles. The minimum absolute atomic E-state index is 0. The highest BCUT2D eigenvalue weighted by atomic mass is 35.5. The third-order valence-electron chi connectivity index (χ3n) is 4.41. The summed E-state index contributed by atoms with van der Waals surface area (Å²) in [5.74, 6) is 0.518. The second-order valence-corrected chi connectivity index (χ2v) is 6.16. The normalized spacial score (nSPS) is 16.5. The van der Waals surface area contributed by atoms with Crippen LogP contribution in [-0.2, 0) is 0 Å². The lowest BCUT2D eigenvalue weighted by Gasteiger charge is -2.30. The van der Waals surface area contributed by atoms with Gasteiger partial charge >= 0.3 is 0 Å². The zero-order valence-corrected chi connectivity index (χ0v) is 14.4. The summed E-state index contributed by atoms with van der Waals surface area (Å²) >= 11 is 0. The highest BCUT2D eigenvalue weighted by Crippen LogP contribution is 2.26. The van der Waals surface area contributed by atoms with Gasteiger partial charge in [-0.25, -0.2) is 0 Å². The van der Waals surface area contributed by atoms with Gasteiger partial charge in [-0.3, -0.25) is 4.79 Å². The van der Waals surface area contributed by atoms with E-state index in [9.17, 15) is 4.79 Å². The Balaban J connectivity index is 0.00000242. The summed E-state index contributed by atoms with van der Waals surface area (Å²) in [4.78, 5) is 14.4. The van der Waals surface area contributed by atoms with Crippen molar-refractivity contribution in [3.05, 3.63) is 29.8 Å². The zero-order valence-electron chi connectivity index (χ0n) is 13.5. The third-order valence-corrected chi connectivity index (χ3v) is 4.41. The molecule has 4 nitrogen and oxygen atoms in total. The van der Waals surface area contributed by atoms with Crippen LogP contribution in [0, 0.1) is 5.92 Å². The summed E-state index contributed by atoms with van der Waals surface area (Å²) in [5, 5.41) is 3.14. The maximum atomic E-state index is 12.4. The van der Waals surface area contributed by atoms with Gasteiger partial charge in [0.1, 0.15) is 0 Å². The molecule has 0 saturated heterocycles. The first-order valence-electron chi connectivity index (χ1n) is 7.90.